The SMILES string of the molecule is CC(O)CCCN1C(=O)C(C)(C)c2ccccc21. The van der Waals surface area contributed by atoms with Gasteiger partial charge in [-0.2, -0.15) is 0 Å². The van der Waals surface area contributed by atoms with Gasteiger partial charge in [0.15, 0.2) is 0 Å². The Kier molecular flexibility index (Phi) is 3.44. The van der Waals surface area contributed by atoms with E-state index < -0.39 is 5.41 Å². The molecule has 1 N–H and O–H groups in total. The summed E-state index contributed by atoms with van der Waals surface area (Å²) in [7, 11) is 0. The number of para-hydroxylation sites is 1. The average Bonchev–Trinajstić information content (AvgIpc) is 2.51. The molecular weight excluding hydrogens is 226 g/mol. The molecule has 1 aromatic carbocycles. The molecule has 0 spiro atoms. The van der Waals surface area contributed by atoms with Crippen LogP contribution in [0.3, 0.4) is 0 Å². The molecular formula is C15H21NO2. The van der Waals surface area contributed by atoms with E-state index in [0.29, 0.717) is 6.54 Å². The van der Waals surface area contributed by atoms with Gasteiger partial charge in [0, 0.05) is 12.2 Å². The number of aliphatic hydroxyl groups is 1. The Morgan fingerprint density at radius 1 is 1.33 bits per heavy atom. The summed E-state index contributed by atoms with van der Waals surface area (Å²) in [6.45, 7) is 6.42. The fraction of sp³-hybridized carbons (Fsp3) is 0.533. The third-order valence-electron chi connectivity index (χ3n) is 3.65. The van der Waals surface area contributed by atoms with Crippen molar-refractivity contribution in [3.05, 3.63) is 29.8 Å². The van der Waals surface area contributed by atoms with Gasteiger partial charge < -0.3 is 10.0 Å². The van der Waals surface area contributed by atoms with Gasteiger partial charge in [-0.3, -0.25) is 4.79 Å². The maximum Gasteiger partial charge on any atom is 0.237 e. The molecule has 0 aliphatic carbocycles. The Labute approximate surface area is 108 Å². The number of amides is 1. The minimum atomic E-state index is -0.429. The Morgan fingerprint density at radius 3 is 2.67 bits per heavy atom. The standard InChI is InChI=1S/C15H21NO2/c1-11(17)7-6-10-16-13-9-5-4-8-12(13)15(2,3)14(16)18/h4-5,8-9,11,17H,6-7,10H2,1-3H3. The van der Waals surface area contributed by atoms with E-state index in [-0.39, 0.29) is 12.0 Å². The molecule has 2 rings (SSSR count). The van der Waals surface area contributed by atoms with Crippen LogP contribution in [-0.2, 0) is 10.2 Å². The maximum absolute atomic E-state index is 12.4. The second-order valence-electron chi connectivity index (χ2n) is 5.59. The summed E-state index contributed by atoms with van der Waals surface area (Å²) in [6, 6.07) is 7.98. The molecule has 1 heterocycles. The van der Waals surface area contributed by atoms with Crippen LogP contribution in [0.2, 0.25) is 0 Å². The Bertz CT molecular complexity index is 452. The average molecular weight is 247 g/mol. The summed E-state index contributed by atoms with van der Waals surface area (Å²) in [5.41, 5.74) is 1.70. The summed E-state index contributed by atoms with van der Waals surface area (Å²) in [5.74, 6) is 0.161. The number of rotatable bonds is 4. The van der Waals surface area contributed by atoms with Crippen LogP contribution in [0, 0.1) is 0 Å². The number of hydrogen-bond acceptors (Lipinski definition) is 2. The molecule has 0 radical (unpaired) electrons. The van der Waals surface area contributed by atoms with E-state index in [9.17, 15) is 9.90 Å². The fourth-order valence-electron chi connectivity index (χ4n) is 2.57. The smallest absolute Gasteiger partial charge is 0.237 e. The highest BCUT2D eigenvalue weighted by molar-refractivity contribution is 6.07. The molecule has 3 nitrogen and oxygen atoms in total. The third-order valence-corrected chi connectivity index (χ3v) is 3.65. The van der Waals surface area contributed by atoms with Gasteiger partial charge in [0.25, 0.3) is 0 Å². The predicted molar refractivity (Wildman–Crippen MR) is 72.7 cm³/mol. The van der Waals surface area contributed by atoms with Crippen LogP contribution in [0.25, 0.3) is 0 Å². The second kappa shape index (κ2) is 4.73. The number of anilines is 1. The third kappa shape index (κ3) is 2.15. The van der Waals surface area contributed by atoms with Gasteiger partial charge >= 0.3 is 0 Å². The van der Waals surface area contributed by atoms with Crippen LogP contribution in [0.4, 0.5) is 5.69 Å². The lowest BCUT2D eigenvalue weighted by atomic mass is 9.86. The monoisotopic (exact) mass is 247 g/mol. The molecule has 0 saturated carbocycles. The Balaban J connectivity index is 2.20. The Morgan fingerprint density at radius 2 is 2.00 bits per heavy atom. The summed E-state index contributed by atoms with van der Waals surface area (Å²) in [6.07, 6.45) is 1.26. The van der Waals surface area contributed by atoms with Crippen molar-refractivity contribution in [3.63, 3.8) is 0 Å². The molecule has 0 fully saturated rings. The highest BCUT2D eigenvalue weighted by Gasteiger charge is 2.43. The zero-order valence-corrected chi connectivity index (χ0v) is 11.3. The number of hydrogen-bond donors (Lipinski definition) is 1. The first-order valence-electron chi connectivity index (χ1n) is 6.54. The normalized spacial score (nSPS) is 18.9. The van der Waals surface area contributed by atoms with Crippen LogP contribution in [0.5, 0.6) is 0 Å². The van der Waals surface area contributed by atoms with Gasteiger partial charge in [-0.15, -0.1) is 0 Å². The molecule has 1 aromatic rings. The van der Waals surface area contributed by atoms with Crippen molar-refractivity contribution >= 4 is 11.6 Å². The van der Waals surface area contributed by atoms with Gasteiger partial charge in [0.05, 0.1) is 11.5 Å². The van der Waals surface area contributed by atoms with Crippen molar-refractivity contribution < 1.29 is 9.90 Å². The van der Waals surface area contributed by atoms with E-state index in [2.05, 4.69) is 0 Å². The summed E-state index contributed by atoms with van der Waals surface area (Å²) < 4.78 is 0. The Hall–Kier alpha value is -1.35. The number of aliphatic hydroxyl groups excluding tert-OH is 1. The van der Waals surface area contributed by atoms with E-state index in [1.165, 1.54) is 0 Å². The zero-order chi connectivity index (χ0) is 13.3. The summed E-state index contributed by atoms with van der Waals surface area (Å²) in [4.78, 5) is 14.3. The molecule has 0 bridgehead atoms. The maximum atomic E-state index is 12.4. The van der Waals surface area contributed by atoms with Gasteiger partial charge in [-0.1, -0.05) is 18.2 Å². The lowest BCUT2D eigenvalue weighted by Crippen LogP contribution is -2.36. The molecule has 1 aliphatic rings. The van der Waals surface area contributed by atoms with Crippen molar-refractivity contribution in [2.45, 2.75) is 45.1 Å². The number of nitrogens with zero attached hydrogens (tertiary/aromatic N) is 1. The molecule has 1 amide bonds. The topological polar surface area (TPSA) is 40.5 Å². The zero-order valence-electron chi connectivity index (χ0n) is 11.3. The summed E-state index contributed by atoms with van der Waals surface area (Å²) >= 11 is 0. The van der Waals surface area contributed by atoms with Gasteiger partial charge in [0.1, 0.15) is 0 Å². The van der Waals surface area contributed by atoms with Crippen LogP contribution in [-0.4, -0.2) is 23.7 Å². The minimum Gasteiger partial charge on any atom is -0.393 e. The fourth-order valence-corrected chi connectivity index (χ4v) is 2.57. The molecule has 1 atom stereocenters. The quantitative estimate of drug-likeness (QED) is 0.888. The summed E-state index contributed by atoms with van der Waals surface area (Å²) in [5, 5.41) is 9.29. The molecule has 0 saturated heterocycles. The number of carbonyl (C=O) groups excluding carboxylic acids is 1. The lowest BCUT2D eigenvalue weighted by Gasteiger charge is -2.20. The second-order valence-corrected chi connectivity index (χ2v) is 5.59. The van der Waals surface area contributed by atoms with Crippen LogP contribution < -0.4 is 4.90 Å². The molecule has 0 aromatic heterocycles. The minimum absolute atomic E-state index is 0.161. The molecule has 98 valence electrons. The first-order chi connectivity index (χ1) is 8.44. The largest absolute Gasteiger partial charge is 0.393 e. The highest BCUT2D eigenvalue weighted by Crippen LogP contribution is 2.41. The van der Waals surface area contributed by atoms with Crippen molar-refractivity contribution in [1.82, 2.24) is 0 Å². The molecule has 1 aliphatic heterocycles. The van der Waals surface area contributed by atoms with Gasteiger partial charge in [0.2, 0.25) is 5.91 Å². The van der Waals surface area contributed by atoms with Crippen molar-refractivity contribution in [1.29, 1.82) is 0 Å². The van der Waals surface area contributed by atoms with E-state index in [0.717, 1.165) is 24.1 Å². The van der Waals surface area contributed by atoms with E-state index in [1.54, 1.807) is 6.92 Å². The molecule has 3 heteroatoms. The van der Waals surface area contributed by atoms with E-state index >= 15 is 0 Å². The van der Waals surface area contributed by atoms with Crippen molar-refractivity contribution in [2.75, 3.05) is 11.4 Å². The van der Waals surface area contributed by atoms with E-state index in [4.69, 9.17) is 0 Å². The molecule has 18 heavy (non-hydrogen) atoms. The first kappa shape index (κ1) is 13.1. The lowest BCUT2D eigenvalue weighted by molar-refractivity contribution is -0.122. The van der Waals surface area contributed by atoms with Crippen LogP contribution >= 0.6 is 0 Å². The van der Waals surface area contributed by atoms with Gasteiger partial charge in [-0.05, 0) is 45.2 Å². The van der Waals surface area contributed by atoms with E-state index in [1.807, 2.05) is 43.0 Å². The number of carbonyl (C=O) groups is 1. The predicted octanol–water partition coefficient (Wildman–Crippen LogP) is 2.47. The highest BCUT2D eigenvalue weighted by atomic mass is 16.3. The van der Waals surface area contributed by atoms with Gasteiger partial charge in [-0.25, -0.2) is 0 Å². The number of fused-ring (bicyclic) bond motifs is 1. The van der Waals surface area contributed by atoms with Crippen molar-refractivity contribution in [3.8, 4) is 0 Å². The van der Waals surface area contributed by atoms with Crippen LogP contribution in [0.15, 0.2) is 24.3 Å². The molecule has 1 unspecified atom stereocenters. The van der Waals surface area contributed by atoms with Crippen molar-refractivity contribution in [2.24, 2.45) is 0 Å². The first-order valence-corrected chi connectivity index (χ1v) is 6.54. The van der Waals surface area contributed by atoms with Crippen LogP contribution in [0.1, 0.15) is 39.2 Å². The number of benzene rings is 1.